The molecular formula is C19H28N2O3S. The zero-order valence-electron chi connectivity index (χ0n) is 15.6. The highest BCUT2D eigenvalue weighted by Gasteiger charge is 2.35. The van der Waals surface area contributed by atoms with Gasteiger partial charge in [-0.15, -0.1) is 0 Å². The summed E-state index contributed by atoms with van der Waals surface area (Å²) in [6.07, 6.45) is 3.34. The van der Waals surface area contributed by atoms with E-state index in [4.69, 9.17) is 0 Å². The normalized spacial score (nSPS) is 19.8. The van der Waals surface area contributed by atoms with Crippen LogP contribution in [0, 0.1) is 33.6 Å². The Kier molecular flexibility index (Phi) is 4.95. The number of sulfonamides is 1. The lowest BCUT2D eigenvalue weighted by atomic mass is 9.97. The van der Waals surface area contributed by atoms with Gasteiger partial charge in [-0.25, -0.2) is 8.42 Å². The Morgan fingerprint density at radius 2 is 1.52 bits per heavy atom. The summed E-state index contributed by atoms with van der Waals surface area (Å²) in [7, 11) is -3.53. The number of rotatable bonds is 4. The van der Waals surface area contributed by atoms with Crippen LogP contribution in [0.15, 0.2) is 11.0 Å². The third-order valence-corrected chi connectivity index (χ3v) is 7.82. The summed E-state index contributed by atoms with van der Waals surface area (Å²) in [5.41, 5.74) is 3.66. The number of amides is 1. The SMILES string of the molecule is Cc1cc(C)c(C)c(S(=O)(=O)N2CCC(C(=O)NC3CC3)CC2)c1C. The van der Waals surface area contributed by atoms with Crippen molar-refractivity contribution in [1.29, 1.82) is 0 Å². The summed E-state index contributed by atoms with van der Waals surface area (Å²) in [6, 6.07) is 2.40. The second-order valence-electron chi connectivity index (χ2n) is 7.55. The van der Waals surface area contributed by atoms with Crippen LogP contribution in [0.25, 0.3) is 0 Å². The standard InChI is InChI=1S/C19H28N2O3S/c1-12-11-13(2)15(4)18(14(12)3)25(23,24)21-9-7-16(8-10-21)19(22)20-17-5-6-17/h11,16-17H,5-10H2,1-4H3,(H,20,22). The van der Waals surface area contributed by atoms with Crippen LogP contribution in [-0.2, 0) is 14.8 Å². The molecule has 0 spiro atoms. The van der Waals surface area contributed by atoms with Crippen LogP contribution in [0.1, 0.15) is 47.9 Å². The van der Waals surface area contributed by atoms with Crippen LogP contribution >= 0.6 is 0 Å². The molecule has 0 unspecified atom stereocenters. The van der Waals surface area contributed by atoms with Gasteiger partial charge in [-0.2, -0.15) is 4.31 Å². The molecule has 0 bridgehead atoms. The summed E-state index contributed by atoms with van der Waals surface area (Å²) < 4.78 is 28.0. The van der Waals surface area contributed by atoms with E-state index in [9.17, 15) is 13.2 Å². The van der Waals surface area contributed by atoms with Crippen molar-refractivity contribution < 1.29 is 13.2 Å². The third-order valence-electron chi connectivity index (χ3n) is 5.64. The molecule has 1 aliphatic heterocycles. The second kappa shape index (κ2) is 6.72. The van der Waals surface area contributed by atoms with E-state index in [2.05, 4.69) is 5.32 Å². The summed E-state index contributed by atoms with van der Waals surface area (Å²) in [5.74, 6) is 0.0341. The molecule has 5 nitrogen and oxygen atoms in total. The molecule has 1 aliphatic carbocycles. The van der Waals surface area contributed by atoms with Crippen molar-refractivity contribution >= 4 is 15.9 Å². The highest BCUT2D eigenvalue weighted by Crippen LogP contribution is 2.31. The maximum Gasteiger partial charge on any atom is 0.243 e. The Bertz CT molecular complexity index is 763. The van der Waals surface area contributed by atoms with Crippen LogP contribution in [0.2, 0.25) is 0 Å². The van der Waals surface area contributed by atoms with E-state index in [0.29, 0.717) is 36.9 Å². The van der Waals surface area contributed by atoms with Crippen LogP contribution in [0.3, 0.4) is 0 Å². The number of carbonyl (C=O) groups is 1. The van der Waals surface area contributed by atoms with Crippen LogP contribution in [0.5, 0.6) is 0 Å². The topological polar surface area (TPSA) is 66.5 Å². The highest BCUT2D eigenvalue weighted by molar-refractivity contribution is 7.89. The van der Waals surface area contributed by atoms with Gasteiger partial charge in [0.2, 0.25) is 15.9 Å². The van der Waals surface area contributed by atoms with Gasteiger partial charge in [0.25, 0.3) is 0 Å². The van der Waals surface area contributed by atoms with Crippen LogP contribution < -0.4 is 5.32 Å². The molecule has 1 saturated heterocycles. The number of hydrogen-bond acceptors (Lipinski definition) is 3. The van der Waals surface area contributed by atoms with Crippen LogP contribution in [-0.4, -0.2) is 37.8 Å². The fourth-order valence-corrected chi connectivity index (χ4v) is 5.65. The average Bonchev–Trinajstić information content (AvgIpc) is 3.37. The van der Waals surface area contributed by atoms with Gasteiger partial charge in [0.05, 0.1) is 4.90 Å². The lowest BCUT2D eigenvalue weighted by molar-refractivity contribution is -0.126. The number of carbonyl (C=O) groups excluding carboxylic acids is 1. The molecule has 2 aliphatic rings. The lowest BCUT2D eigenvalue weighted by Crippen LogP contribution is -2.43. The maximum atomic E-state index is 13.2. The molecular weight excluding hydrogens is 336 g/mol. The third kappa shape index (κ3) is 3.60. The summed E-state index contributed by atoms with van der Waals surface area (Å²) in [4.78, 5) is 12.6. The van der Waals surface area contributed by atoms with Crippen molar-refractivity contribution in [2.75, 3.05) is 13.1 Å². The molecule has 0 radical (unpaired) electrons. The molecule has 1 N–H and O–H groups in total. The van der Waals surface area contributed by atoms with Crippen molar-refractivity contribution in [2.45, 2.75) is 64.3 Å². The van der Waals surface area contributed by atoms with E-state index in [1.165, 1.54) is 0 Å². The Labute approximate surface area is 150 Å². The maximum absolute atomic E-state index is 13.2. The molecule has 25 heavy (non-hydrogen) atoms. The van der Waals surface area contributed by atoms with E-state index < -0.39 is 10.0 Å². The van der Waals surface area contributed by atoms with Gasteiger partial charge < -0.3 is 5.32 Å². The van der Waals surface area contributed by atoms with E-state index in [1.807, 2.05) is 33.8 Å². The predicted molar refractivity (Wildman–Crippen MR) is 98.0 cm³/mol. The first-order valence-corrected chi connectivity index (χ1v) is 10.5. The molecule has 1 heterocycles. The second-order valence-corrected chi connectivity index (χ2v) is 9.43. The largest absolute Gasteiger partial charge is 0.353 e. The number of nitrogens with zero attached hydrogens (tertiary/aromatic N) is 1. The molecule has 1 aromatic rings. The summed E-state index contributed by atoms with van der Waals surface area (Å²) in [5, 5.41) is 3.04. The fraction of sp³-hybridized carbons (Fsp3) is 0.632. The number of hydrogen-bond donors (Lipinski definition) is 1. The highest BCUT2D eigenvalue weighted by atomic mass is 32.2. The molecule has 1 amide bonds. The number of nitrogens with one attached hydrogen (secondary N) is 1. The first-order valence-electron chi connectivity index (χ1n) is 9.09. The summed E-state index contributed by atoms with van der Waals surface area (Å²) >= 11 is 0. The number of benzene rings is 1. The monoisotopic (exact) mass is 364 g/mol. The molecule has 138 valence electrons. The summed E-state index contributed by atoms with van der Waals surface area (Å²) in [6.45, 7) is 8.49. The van der Waals surface area contributed by atoms with E-state index in [-0.39, 0.29) is 11.8 Å². The van der Waals surface area contributed by atoms with Gasteiger partial charge in [-0.05, 0) is 75.6 Å². The van der Waals surface area contributed by atoms with Gasteiger partial charge in [-0.3, -0.25) is 4.79 Å². The van der Waals surface area contributed by atoms with E-state index in [0.717, 1.165) is 35.1 Å². The average molecular weight is 365 g/mol. The van der Waals surface area contributed by atoms with Crippen molar-refractivity contribution in [3.63, 3.8) is 0 Å². The smallest absolute Gasteiger partial charge is 0.243 e. The number of piperidine rings is 1. The van der Waals surface area contributed by atoms with Crippen molar-refractivity contribution in [3.05, 3.63) is 28.3 Å². The Morgan fingerprint density at radius 1 is 1.00 bits per heavy atom. The van der Waals surface area contributed by atoms with Gasteiger partial charge in [0.15, 0.2) is 0 Å². The Morgan fingerprint density at radius 3 is 2.00 bits per heavy atom. The molecule has 3 rings (SSSR count). The molecule has 1 saturated carbocycles. The van der Waals surface area contributed by atoms with Gasteiger partial charge in [0, 0.05) is 25.0 Å². The Balaban J connectivity index is 1.77. The zero-order chi connectivity index (χ0) is 18.4. The van der Waals surface area contributed by atoms with Gasteiger partial charge >= 0.3 is 0 Å². The first-order chi connectivity index (χ1) is 11.7. The van der Waals surface area contributed by atoms with E-state index in [1.54, 1.807) is 4.31 Å². The minimum Gasteiger partial charge on any atom is -0.353 e. The van der Waals surface area contributed by atoms with Crippen molar-refractivity contribution in [1.82, 2.24) is 9.62 Å². The fourth-order valence-electron chi connectivity index (χ4n) is 3.60. The molecule has 6 heteroatoms. The van der Waals surface area contributed by atoms with Crippen molar-refractivity contribution in [3.8, 4) is 0 Å². The minimum atomic E-state index is -3.53. The van der Waals surface area contributed by atoms with Gasteiger partial charge in [-0.1, -0.05) is 6.07 Å². The molecule has 0 atom stereocenters. The van der Waals surface area contributed by atoms with Crippen molar-refractivity contribution in [2.24, 2.45) is 5.92 Å². The van der Waals surface area contributed by atoms with Crippen LogP contribution in [0.4, 0.5) is 0 Å². The Hall–Kier alpha value is -1.40. The first kappa shape index (κ1) is 18.4. The predicted octanol–water partition coefficient (Wildman–Crippen LogP) is 2.60. The van der Waals surface area contributed by atoms with Gasteiger partial charge in [0.1, 0.15) is 0 Å². The van der Waals surface area contributed by atoms with E-state index >= 15 is 0 Å². The molecule has 2 fully saturated rings. The zero-order valence-corrected chi connectivity index (χ0v) is 16.4. The lowest BCUT2D eigenvalue weighted by Gasteiger charge is -2.31. The molecule has 1 aromatic carbocycles. The number of aryl methyl sites for hydroxylation is 2. The quantitative estimate of drug-likeness (QED) is 0.893. The molecule has 0 aromatic heterocycles. The minimum absolute atomic E-state index is 0.0616.